The Morgan fingerprint density at radius 2 is 2.07 bits per heavy atom. The van der Waals surface area contributed by atoms with Gasteiger partial charge in [0, 0.05) is 6.20 Å². The topological polar surface area (TPSA) is 59.2 Å². The molecule has 0 atom stereocenters. The minimum atomic E-state index is -4.89. The number of aromatic nitrogens is 1. The average molecular weight is 205 g/mol. The number of pyridine rings is 1. The zero-order valence-electron chi connectivity index (χ0n) is 6.82. The maximum absolute atomic E-state index is 11.9. The van der Waals surface area contributed by atoms with Crippen LogP contribution >= 0.6 is 0 Å². The van der Waals surface area contributed by atoms with Gasteiger partial charge in [-0.25, -0.2) is 5.84 Å². The number of alkyl halides is 3. The van der Waals surface area contributed by atoms with Gasteiger partial charge in [0.15, 0.2) is 0 Å². The molecule has 4 nitrogen and oxygen atoms in total. The molecule has 0 aliphatic rings. The first kappa shape index (κ1) is 10.5. The second-order valence-corrected chi connectivity index (χ2v) is 2.36. The Kier molecular flexibility index (Phi) is 2.70. The van der Waals surface area contributed by atoms with Gasteiger partial charge in [0.05, 0.1) is 0 Å². The summed E-state index contributed by atoms with van der Waals surface area (Å²) < 4.78 is 35.8. The molecule has 7 heteroatoms. The molecule has 0 aliphatic carbocycles. The predicted molar refractivity (Wildman–Crippen MR) is 40.6 cm³/mol. The summed E-state index contributed by atoms with van der Waals surface area (Å²) in [7, 11) is 0. The SMILES string of the molecule is NN(C(=O)c1ccccn1)C(F)(F)F. The molecule has 1 aromatic rings. The summed E-state index contributed by atoms with van der Waals surface area (Å²) in [5, 5.41) is -0.810. The van der Waals surface area contributed by atoms with Gasteiger partial charge in [-0.3, -0.25) is 9.78 Å². The Balaban J connectivity index is 2.87. The first-order chi connectivity index (χ1) is 6.43. The first-order valence-corrected chi connectivity index (χ1v) is 3.50. The summed E-state index contributed by atoms with van der Waals surface area (Å²) in [6, 6.07) is 4.02. The van der Waals surface area contributed by atoms with E-state index in [1.807, 2.05) is 0 Å². The number of carbonyl (C=O) groups excluding carboxylic acids is 1. The van der Waals surface area contributed by atoms with Gasteiger partial charge >= 0.3 is 6.30 Å². The number of nitrogens with two attached hydrogens (primary N) is 1. The monoisotopic (exact) mass is 205 g/mol. The highest BCUT2D eigenvalue weighted by Crippen LogP contribution is 2.18. The Bertz CT molecular complexity index is 325. The van der Waals surface area contributed by atoms with Gasteiger partial charge < -0.3 is 0 Å². The molecular weight excluding hydrogens is 199 g/mol. The van der Waals surface area contributed by atoms with Crippen LogP contribution in [0, 0.1) is 0 Å². The summed E-state index contributed by atoms with van der Waals surface area (Å²) >= 11 is 0. The Labute approximate surface area is 77.1 Å². The summed E-state index contributed by atoms with van der Waals surface area (Å²) in [6.07, 6.45) is -3.69. The van der Waals surface area contributed by atoms with Crippen molar-refractivity contribution in [2.24, 2.45) is 5.84 Å². The maximum Gasteiger partial charge on any atom is 0.501 e. The molecule has 0 bridgehead atoms. The molecule has 0 fully saturated rings. The van der Waals surface area contributed by atoms with E-state index in [-0.39, 0.29) is 5.69 Å². The Morgan fingerprint density at radius 3 is 2.50 bits per heavy atom. The van der Waals surface area contributed by atoms with Crippen molar-refractivity contribution in [3.05, 3.63) is 30.1 Å². The van der Waals surface area contributed by atoms with Gasteiger partial charge in [-0.2, -0.15) is 5.01 Å². The lowest BCUT2D eigenvalue weighted by Crippen LogP contribution is -2.48. The van der Waals surface area contributed by atoms with E-state index in [0.29, 0.717) is 0 Å². The van der Waals surface area contributed by atoms with Crippen molar-refractivity contribution in [1.82, 2.24) is 9.99 Å². The fourth-order valence-electron chi connectivity index (χ4n) is 0.728. The molecule has 0 saturated heterocycles. The summed E-state index contributed by atoms with van der Waals surface area (Å²) in [5.41, 5.74) is -0.354. The molecule has 0 aliphatic heterocycles. The molecule has 0 aromatic carbocycles. The van der Waals surface area contributed by atoms with Crippen LogP contribution in [0.3, 0.4) is 0 Å². The molecule has 1 aromatic heterocycles. The van der Waals surface area contributed by atoms with Crippen LogP contribution in [0.25, 0.3) is 0 Å². The largest absolute Gasteiger partial charge is 0.501 e. The molecule has 1 heterocycles. The number of hydrazine groups is 1. The molecule has 0 radical (unpaired) electrons. The average Bonchev–Trinajstić information content (AvgIpc) is 2.15. The number of hydrogen-bond donors (Lipinski definition) is 1. The van der Waals surface area contributed by atoms with Crippen LogP contribution in [0.4, 0.5) is 13.2 Å². The number of amides is 1. The molecule has 1 amide bonds. The summed E-state index contributed by atoms with van der Waals surface area (Å²) in [4.78, 5) is 14.5. The Hall–Kier alpha value is -1.63. The van der Waals surface area contributed by atoms with Gasteiger partial charge in [-0.15, -0.1) is 13.2 Å². The van der Waals surface area contributed by atoms with Gasteiger partial charge in [-0.1, -0.05) is 6.07 Å². The fourth-order valence-corrected chi connectivity index (χ4v) is 0.728. The minimum Gasteiger partial charge on any atom is -0.266 e. The van der Waals surface area contributed by atoms with Gasteiger partial charge in [0.2, 0.25) is 0 Å². The first-order valence-electron chi connectivity index (χ1n) is 3.50. The standard InChI is InChI=1S/C7H6F3N3O/c8-7(9,10)13(11)6(14)5-3-1-2-4-12-5/h1-4H,11H2. The van der Waals surface area contributed by atoms with Crippen molar-refractivity contribution in [2.75, 3.05) is 0 Å². The Morgan fingerprint density at radius 1 is 1.43 bits per heavy atom. The van der Waals surface area contributed by atoms with E-state index in [2.05, 4.69) is 10.8 Å². The maximum atomic E-state index is 11.9. The van der Waals surface area contributed by atoms with E-state index in [1.165, 1.54) is 18.3 Å². The van der Waals surface area contributed by atoms with E-state index < -0.39 is 17.2 Å². The number of rotatable bonds is 1. The molecule has 76 valence electrons. The highest BCUT2D eigenvalue weighted by molar-refractivity contribution is 5.91. The third-order valence-corrected chi connectivity index (χ3v) is 1.38. The van der Waals surface area contributed by atoms with Crippen LogP contribution in [-0.2, 0) is 0 Å². The number of halogens is 3. The molecular formula is C7H6F3N3O. The molecule has 0 saturated carbocycles. The second-order valence-electron chi connectivity index (χ2n) is 2.36. The minimum absolute atomic E-state index is 0.354. The predicted octanol–water partition coefficient (Wildman–Crippen LogP) is 0.917. The fraction of sp³-hybridized carbons (Fsp3) is 0.143. The smallest absolute Gasteiger partial charge is 0.266 e. The van der Waals surface area contributed by atoms with Crippen LogP contribution in [0.5, 0.6) is 0 Å². The molecule has 0 spiro atoms. The number of nitrogens with zero attached hydrogens (tertiary/aromatic N) is 2. The molecule has 1 rings (SSSR count). The lowest BCUT2D eigenvalue weighted by atomic mass is 10.3. The van der Waals surface area contributed by atoms with Crippen molar-refractivity contribution < 1.29 is 18.0 Å². The highest BCUT2D eigenvalue weighted by atomic mass is 19.4. The molecule has 14 heavy (non-hydrogen) atoms. The normalized spacial score (nSPS) is 11.1. The number of hydrogen-bond acceptors (Lipinski definition) is 3. The lowest BCUT2D eigenvalue weighted by molar-refractivity contribution is -0.226. The summed E-state index contributed by atoms with van der Waals surface area (Å²) in [5.74, 6) is 3.15. The molecule has 0 unspecified atom stereocenters. The van der Waals surface area contributed by atoms with Crippen LogP contribution in [-0.4, -0.2) is 22.2 Å². The molecule has 2 N–H and O–H groups in total. The second kappa shape index (κ2) is 3.62. The lowest BCUT2D eigenvalue weighted by Gasteiger charge is -2.18. The van der Waals surface area contributed by atoms with Crippen LogP contribution in [0.15, 0.2) is 24.4 Å². The zero-order valence-corrected chi connectivity index (χ0v) is 6.82. The van der Waals surface area contributed by atoms with Crippen molar-refractivity contribution in [3.63, 3.8) is 0 Å². The van der Waals surface area contributed by atoms with Crippen molar-refractivity contribution in [1.29, 1.82) is 0 Å². The number of carbonyl (C=O) groups is 1. The zero-order chi connectivity index (χ0) is 10.8. The van der Waals surface area contributed by atoms with Gasteiger partial charge in [0.1, 0.15) is 5.69 Å². The van der Waals surface area contributed by atoms with Crippen LogP contribution in [0.1, 0.15) is 10.5 Å². The quantitative estimate of drug-likeness (QED) is 0.321. The van der Waals surface area contributed by atoms with E-state index in [1.54, 1.807) is 0 Å². The van der Waals surface area contributed by atoms with E-state index >= 15 is 0 Å². The highest BCUT2D eigenvalue weighted by Gasteiger charge is 2.39. The third-order valence-electron chi connectivity index (χ3n) is 1.38. The van der Waals surface area contributed by atoms with Crippen molar-refractivity contribution in [2.45, 2.75) is 6.30 Å². The van der Waals surface area contributed by atoms with Crippen molar-refractivity contribution >= 4 is 5.91 Å². The van der Waals surface area contributed by atoms with Gasteiger partial charge in [0.25, 0.3) is 5.91 Å². The van der Waals surface area contributed by atoms with Crippen molar-refractivity contribution in [3.8, 4) is 0 Å². The third kappa shape index (κ3) is 2.19. The van der Waals surface area contributed by atoms with Crippen LogP contribution in [0.2, 0.25) is 0 Å². The van der Waals surface area contributed by atoms with E-state index in [0.717, 1.165) is 6.07 Å². The van der Waals surface area contributed by atoms with E-state index in [9.17, 15) is 18.0 Å². The van der Waals surface area contributed by atoms with E-state index in [4.69, 9.17) is 0 Å². The van der Waals surface area contributed by atoms with Gasteiger partial charge in [-0.05, 0) is 12.1 Å². The van der Waals surface area contributed by atoms with Crippen LogP contribution < -0.4 is 5.84 Å². The summed E-state index contributed by atoms with van der Waals surface area (Å²) in [6.45, 7) is 0.